The Balaban J connectivity index is 2.56. The average Bonchev–Trinajstić information content (AvgIpc) is 2.56. The van der Waals surface area contributed by atoms with Crippen molar-refractivity contribution in [2.75, 3.05) is 0 Å². The van der Waals surface area contributed by atoms with Gasteiger partial charge in [0.2, 0.25) is 0 Å². The Bertz CT molecular complexity index is 520. The van der Waals surface area contributed by atoms with Crippen LogP contribution in [0.2, 0.25) is 18.1 Å². The van der Waals surface area contributed by atoms with E-state index in [4.69, 9.17) is 0 Å². The maximum Gasteiger partial charge on any atom is 0.0946 e. The lowest BCUT2D eigenvalue weighted by Crippen LogP contribution is -2.51. The second-order valence-corrected chi connectivity index (χ2v) is 11.1. The van der Waals surface area contributed by atoms with Gasteiger partial charge in [0.05, 0.1) is 8.07 Å². The normalized spacial score (nSPS) is 24.4. The Morgan fingerprint density at radius 2 is 1.50 bits per heavy atom. The van der Waals surface area contributed by atoms with E-state index in [0.717, 1.165) is 0 Å². The molecule has 1 aromatic carbocycles. The van der Waals surface area contributed by atoms with Crippen LogP contribution in [-0.4, -0.2) is 8.07 Å². The molecule has 0 saturated heterocycles. The second-order valence-electron chi connectivity index (χ2n) is 6.27. The summed E-state index contributed by atoms with van der Waals surface area (Å²) in [5.41, 5.74) is 4.53. The van der Waals surface area contributed by atoms with Gasteiger partial charge in [0, 0.05) is 5.04 Å². The van der Waals surface area contributed by atoms with Crippen LogP contribution in [0.1, 0.15) is 27.7 Å². The van der Waals surface area contributed by atoms with Crippen LogP contribution in [0, 0.1) is 0 Å². The molecule has 0 saturated carbocycles. The predicted octanol–water partition coefficient (Wildman–Crippen LogP) is 4.66. The van der Waals surface area contributed by atoms with Crippen molar-refractivity contribution in [2.45, 2.75) is 45.8 Å². The summed E-state index contributed by atoms with van der Waals surface area (Å²) in [6.45, 7) is 14.3. The number of hydrogen-bond acceptors (Lipinski definition) is 0. The van der Waals surface area contributed by atoms with Gasteiger partial charge in [-0.05, 0) is 26.3 Å². The maximum absolute atomic E-state index is 2.51. The molecular weight excluding hydrogens is 232 g/mol. The third-order valence-electron chi connectivity index (χ3n) is 5.23. The van der Waals surface area contributed by atoms with E-state index in [9.17, 15) is 0 Å². The van der Waals surface area contributed by atoms with Crippen molar-refractivity contribution in [1.29, 1.82) is 0 Å². The van der Waals surface area contributed by atoms with Crippen LogP contribution in [0.4, 0.5) is 0 Å². The first-order chi connectivity index (χ1) is 8.30. The zero-order valence-electron chi connectivity index (χ0n) is 12.5. The van der Waals surface area contributed by atoms with Crippen LogP contribution >= 0.6 is 0 Å². The summed E-state index contributed by atoms with van der Waals surface area (Å²) in [5, 5.41) is 1.80. The van der Waals surface area contributed by atoms with Gasteiger partial charge in [-0.25, -0.2) is 0 Å². The average molecular weight is 256 g/mol. The van der Waals surface area contributed by atoms with Gasteiger partial charge in [-0.1, -0.05) is 72.8 Å². The lowest BCUT2D eigenvalue weighted by Gasteiger charge is -2.41. The summed E-state index contributed by atoms with van der Waals surface area (Å²) in [4.78, 5) is 0. The molecule has 0 aromatic heterocycles. The highest BCUT2D eigenvalue weighted by molar-refractivity contribution is 6.93. The Kier molecular flexibility index (Phi) is 3.14. The van der Waals surface area contributed by atoms with Crippen molar-refractivity contribution >= 4 is 13.3 Å². The fourth-order valence-corrected chi connectivity index (χ4v) is 6.47. The molecule has 1 heteroatoms. The summed E-state index contributed by atoms with van der Waals surface area (Å²) in [7, 11) is -1.55. The smallest absolute Gasteiger partial charge is 0.0737 e. The fourth-order valence-electron chi connectivity index (χ4n) is 3.14. The SMILES string of the molecule is CC1=CC(C)([Si](C)(C)c2ccccc2)C(C)=C1C. The van der Waals surface area contributed by atoms with Gasteiger partial charge in [0.15, 0.2) is 0 Å². The van der Waals surface area contributed by atoms with Gasteiger partial charge in [-0.2, -0.15) is 0 Å². The maximum atomic E-state index is 2.51. The van der Waals surface area contributed by atoms with E-state index in [-0.39, 0.29) is 5.04 Å². The van der Waals surface area contributed by atoms with Crippen molar-refractivity contribution in [1.82, 2.24) is 0 Å². The molecule has 0 N–H and O–H groups in total. The Labute approximate surface area is 112 Å². The summed E-state index contributed by atoms with van der Waals surface area (Å²) in [5.74, 6) is 0. The van der Waals surface area contributed by atoms with E-state index >= 15 is 0 Å². The van der Waals surface area contributed by atoms with Crippen molar-refractivity contribution in [3.63, 3.8) is 0 Å². The Morgan fingerprint density at radius 1 is 0.944 bits per heavy atom. The van der Waals surface area contributed by atoms with Crippen molar-refractivity contribution in [2.24, 2.45) is 0 Å². The largest absolute Gasteiger partial charge is 0.0946 e. The zero-order chi connectivity index (χ0) is 13.6. The molecule has 1 aliphatic carbocycles. The summed E-state index contributed by atoms with van der Waals surface area (Å²) >= 11 is 0. The van der Waals surface area contributed by atoms with E-state index in [1.54, 1.807) is 10.8 Å². The molecule has 1 unspecified atom stereocenters. The molecule has 1 aromatic rings. The molecule has 18 heavy (non-hydrogen) atoms. The van der Waals surface area contributed by atoms with Gasteiger partial charge in [-0.15, -0.1) is 0 Å². The molecule has 0 nitrogen and oxygen atoms in total. The van der Waals surface area contributed by atoms with Crippen molar-refractivity contribution in [3.8, 4) is 0 Å². The minimum Gasteiger partial charge on any atom is -0.0737 e. The molecule has 0 fully saturated rings. The van der Waals surface area contributed by atoms with E-state index in [2.05, 4.69) is 77.2 Å². The van der Waals surface area contributed by atoms with E-state index in [1.165, 1.54) is 11.1 Å². The van der Waals surface area contributed by atoms with E-state index < -0.39 is 8.07 Å². The van der Waals surface area contributed by atoms with Gasteiger partial charge < -0.3 is 0 Å². The molecular formula is C17H24Si. The summed E-state index contributed by atoms with van der Waals surface area (Å²) in [6, 6.07) is 11.1. The van der Waals surface area contributed by atoms with Crippen LogP contribution in [0.15, 0.2) is 53.1 Å². The molecule has 1 atom stereocenters. The third kappa shape index (κ3) is 1.73. The number of allylic oxidation sites excluding steroid dienone is 4. The monoisotopic (exact) mass is 256 g/mol. The van der Waals surface area contributed by atoms with Gasteiger partial charge in [0.25, 0.3) is 0 Å². The van der Waals surface area contributed by atoms with Gasteiger partial charge in [-0.3, -0.25) is 0 Å². The molecule has 96 valence electrons. The van der Waals surface area contributed by atoms with Gasteiger partial charge in [0.1, 0.15) is 0 Å². The Hall–Kier alpha value is -1.08. The van der Waals surface area contributed by atoms with Crippen molar-refractivity contribution < 1.29 is 0 Å². The predicted molar refractivity (Wildman–Crippen MR) is 84.1 cm³/mol. The Morgan fingerprint density at radius 3 is 1.94 bits per heavy atom. The quantitative estimate of drug-likeness (QED) is 0.675. The fraction of sp³-hybridized carbons (Fsp3) is 0.412. The molecule has 0 bridgehead atoms. The lowest BCUT2D eigenvalue weighted by molar-refractivity contribution is 0.859. The molecule has 0 aliphatic heterocycles. The zero-order valence-corrected chi connectivity index (χ0v) is 13.5. The highest BCUT2D eigenvalue weighted by Crippen LogP contribution is 2.52. The first-order valence-electron chi connectivity index (χ1n) is 6.74. The van der Waals surface area contributed by atoms with Gasteiger partial charge >= 0.3 is 0 Å². The minimum absolute atomic E-state index is 0.252. The molecule has 0 radical (unpaired) electrons. The number of benzene rings is 1. The van der Waals surface area contributed by atoms with Crippen molar-refractivity contribution in [3.05, 3.63) is 53.1 Å². The molecule has 1 aliphatic rings. The topological polar surface area (TPSA) is 0 Å². The van der Waals surface area contributed by atoms with Crippen LogP contribution in [-0.2, 0) is 0 Å². The molecule has 0 amide bonds. The molecule has 2 rings (SSSR count). The summed E-state index contributed by atoms with van der Waals surface area (Å²) < 4.78 is 0. The van der Waals surface area contributed by atoms with Crippen LogP contribution in [0.3, 0.4) is 0 Å². The van der Waals surface area contributed by atoms with Crippen LogP contribution in [0.25, 0.3) is 0 Å². The third-order valence-corrected chi connectivity index (χ3v) is 10.1. The standard InChI is InChI=1S/C17H24Si/c1-13-12-17(4,15(3)14(13)2)18(5,6)16-10-8-7-9-11-16/h7-12H,1-6H3. The molecule has 0 heterocycles. The van der Waals surface area contributed by atoms with Crippen LogP contribution < -0.4 is 5.19 Å². The summed E-state index contributed by atoms with van der Waals surface area (Å²) in [6.07, 6.45) is 2.51. The molecule has 0 spiro atoms. The number of rotatable bonds is 2. The lowest BCUT2D eigenvalue weighted by atomic mass is 10.0. The van der Waals surface area contributed by atoms with E-state index in [1.807, 2.05) is 0 Å². The minimum atomic E-state index is -1.55. The first kappa shape index (κ1) is 13.4. The van der Waals surface area contributed by atoms with Crippen LogP contribution in [0.5, 0.6) is 0 Å². The first-order valence-corrected chi connectivity index (χ1v) is 9.74. The second kappa shape index (κ2) is 4.24. The number of hydrogen-bond donors (Lipinski definition) is 0. The van der Waals surface area contributed by atoms with E-state index in [0.29, 0.717) is 0 Å². The highest BCUT2D eigenvalue weighted by Gasteiger charge is 2.46. The highest BCUT2D eigenvalue weighted by atomic mass is 28.3.